The Bertz CT molecular complexity index is 892. The molecule has 0 aliphatic rings. The topological polar surface area (TPSA) is 50.7 Å². The molecule has 5 heteroatoms. The van der Waals surface area contributed by atoms with E-state index < -0.39 is 0 Å². The number of nitrogens with one attached hydrogen (secondary N) is 1. The first kappa shape index (κ1) is 18.3. The number of hydrogen-bond acceptors (Lipinski definition) is 3. The Morgan fingerprint density at radius 3 is 2.33 bits per heavy atom. The molecule has 27 heavy (non-hydrogen) atoms. The molecule has 0 bridgehead atoms. The van der Waals surface area contributed by atoms with Gasteiger partial charge in [-0.15, -0.1) is 0 Å². The molecule has 3 aromatic carbocycles. The van der Waals surface area contributed by atoms with Crippen LogP contribution in [0.4, 0.5) is 4.39 Å². The Balaban J connectivity index is 1.46. The van der Waals surface area contributed by atoms with E-state index in [2.05, 4.69) is 10.5 Å². The van der Waals surface area contributed by atoms with Crippen LogP contribution in [0.3, 0.4) is 0 Å². The van der Waals surface area contributed by atoms with Gasteiger partial charge in [-0.05, 0) is 53.1 Å². The molecule has 0 spiro atoms. The number of hydrogen-bond donors (Lipinski definition) is 1. The lowest BCUT2D eigenvalue weighted by Gasteiger charge is -2.06. The van der Waals surface area contributed by atoms with Crippen molar-refractivity contribution in [2.45, 2.75) is 13.0 Å². The van der Waals surface area contributed by atoms with E-state index in [1.54, 1.807) is 18.3 Å². The second-order valence-corrected chi connectivity index (χ2v) is 5.94. The number of halogens is 1. The predicted octanol–water partition coefficient (Wildman–Crippen LogP) is 4.10. The van der Waals surface area contributed by atoms with Crippen LogP contribution >= 0.6 is 0 Å². The first-order chi connectivity index (χ1) is 13.2. The second-order valence-electron chi connectivity index (χ2n) is 5.94. The molecule has 0 aliphatic heterocycles. The Kier molecular flexibility index (Phi) is 6.30. The summed E-state index contributed by atoms with van der Waals surface area (Å²) in [6.07, 6.45) is 1.70. The van der Waals surface area contributed by atoms with Crippen molar-refractivity contribution in [1.29, 1.82) is 0 Å². The second kappa shape index (κ2) is 9.29. The van der Waals surface area contributed by atoms with Gasteiger partial charge in [0.15, 0.2) is 0 Å². The van der Waals surface area contributed by atoms with Crippen molar-refractivity contribution in [3.63, 3.8) is 0 Å². The molecule has 4 nitrogen and oxygen atoms in total. The molecule has 0 aromatic heterocycles. The fourth-order valence-corrected chi connectivity index (χ4v) is 2.40. The number of carbonyl (C=O) groups is 1. The predicted molar refractivity (Wildman–Crippen MR) is 103 cm³/mol. The van der Waals surface area contributed by atoms with Crippen LogP contribution in [-0.4, -0.2) is 12.1 Å². The highest BCUT2D eigenvalue weighted by molar-refractivity contribution is 5.83. The van der Waals surface area contributed by atoms with E-state index in [0.29, 0.717) is 6.61 Å². The minimum absolute atomic E-state index is 0.143. The summed E-state index contributed by atoms with van der Waals surface area (Å²) >= 11 is 0. The van der Waals surface area contributed by atoms with Crippen molar-refractivity contribution in [2.75, 3.05) is 0 Å². The number of benzene rings is 3. The molecule has 0 heterocycles. The Hall–Kier alpha value is -3.47. The molecule has 1 N–H and O–H groups in total. The highest BCUT2D eigenvalue weighted by Crippen LogP contribution is 2.13. The smallest absolute Gasteiger partial charge is 0.244 e. The highest BCUT2D eigenvalue weighted by Gasteiger charge is 2.02. The van der Waals surface area contributed by atoms with Gasteiger partial charge in [0.25, 0.3) is 0 Å². The van der Waals surface area contributed by atoms with Gasteiger partial charge >= 0.3 is 0 Å². The number of carbonyl (C=O) groups excluding carboxylic acids is 1. The maximum atomic E-state index is 12.8. The van der Waals surface area contributed by atoms with E-state index in [4.69, 9.17) is 4.74 Å². The molecule has 0 unspecified atom stereocenters. The molecule has 0 aliphatic carbocycles. The molecule has 3 aromatic rings. The molecule has 0 atom stereocenters. The summed E-state index contributed by atoms with van der Waals surface area (Å²) in [6, 6.07) is 23.2. The van der Waals surface area contributed by atoms with Crippen molar-refractivity contribution in [2.24, 2.45) is 5.10 Å². The summed E-state index contributed by atoms with van der Waals surface area (Å²) in [5.74, 6) is 0.172. The maximum absolute atomic E-state index is 12.8. The normalized spacial score (nSPS) is 10.7. The average molecular weight is 362 g/mol. The van der Waals surface area contributed by atoms with Gasteiger partial charge in [0, 0.05) is 0 Å². The van der Waals surface area contributed by atoms with Crippen LogP contribution in [-0.2, 0) is 17.8 Å². The van der Waals surface area contributed by atoms with E-state index >= 15 is 0 Å². The van der Waals surface area contributed by atoms with Gasteiger partial charge in [-0.3, -0.25) is 4.79 Å². The molecular formula is C22H19FN2O2. The molecule has 1 amide bonds. The largest absolute Gasteiger partial charge is 0.489 e. The van der Waals surface area contributed by atoms with E-state index in [1.165, 1.54) is 12.1 Å². The summed E-state index contributed by atoms with van der Waals surface area (Å²) in [7, 11) is 0. The van der Waals surface area contributed by atoms with E-state index in [-0.39, 0.29) is 18.1 Å². The van der Waals surface area contributed by atoms with Crippen molar-refractivity contribution in [1.82, 2.24) is 5.43 Å². The van der Waals surface area contributed by atoms with Gasteiger partial charge in [0.1, 0.15) is 18.2 Å². The highest BCUT2D eigenvalue weighted by atomic mass is 19.1. The van der Waals surface area contributed by atoms with Crippen molar-refractivity contribution in [3.8, 4) is 5.75 Å². The Morgan fingerprint density at radius 2 is 1.63 bits per heavy atom. The van der Waals surface area contributed by atoms with Crippen LogP contribution in [0.5, 0.6) is 5.75 Å². The maximum Gasteiger partial charge on any atom is 0.244 e. The van der Waals surface area contributed by atoms with E-state index in [0.717, 1.165) is 22.4 Å². The third-order valence-electron chi connectivity index (χ3n) is 3.81. The number of ether oxygens (including phenoxy) is 1. The SMILES string of the molecule is O=C(Cc1ccc(F)cc1)N/N=C/c1ccc(OCc2ccccc2)cc1. The minimum Gasteiger partial charge on any atom is -0.489 e. The fraction of sp³-hybridized carbons (Fsp3) is 0.0909. The summed E-state index contributed by atoms with van der Waals surface area (Å²) < 4.78 is 18.6. The third-order valence-corrected chi connectivity index (χ3v) is 3.81. The van der Waals surface area contributed by atoms with Gasteiger partial charge in [-0.1, -0.05) is 42.5 Å². The zero-order valence-electron chi connectivity index (χ0n) is 14.6. The van der Waals surface area contributed by atoms with Crippen molar-refractivity contribution < 1.29 is 13.9 Å². The van der Waals surface area contributed by atoms with Gasteiger partial charge in [-0.2, -0.15) is 5.10 Å². The molecular weight excluding hydrogens is 343 g/mol. The van der Waals surface area contributed by atoms with Gasteiger partial charge in [0.05, 0.1) is 12.6 Å². The van der Waals surface area contributed by atoms with Gasteiger partial charge in [0.2, 0.25) is 5.91 Å². The minimum atomic E-state index is -0.326. The summed E-state index contributed by atoms with van der Waals surface area (Å²) in [6.45, 7) is 0.508. The number of rotatable bonds is 7. The van der Waals surface area contributed by atoms with Crippen molar-refractivity contribution >= 4 is 12.1 Å². The fourth-order valence-electron chi connectivity index (χ4n) is 2.40. The molecule has 136 valence electrons. The monoisotopic (exact) mass is 362 g/mol. The number of amides is 1. The summed E-state index contributed by atoms with van der Waals surface area (Å²) in [5.41, 5.74) is 5.13. The molecule has 0 saturated heterocycles. The van der Waals surface area contributed by atoms with Crippen molar-refractivity contribution in [3.05, 3.63) is 101 Å². The number of hydrazone groups is 1. The summed E-state index contributed by atoms with van der Waals surface area (Å²) in [4.78, 5) is 11.8. The van der Waals surface area contributed by atoms with Crippen LogP contribution in [0.2, 0.25) is 0 Å². The van der Waals surface area contributed by atoms with Crippen LogP contribution in [0, 0.1) is 5.82 Å². The Morgan fingerprint density at radius 1 is 0.926 bits per heavy atom. The molecule has 0 fully saturated rings. The first-order valence-corrected chi connectivity index (χ1v) is 8.52. The van der Waals surface area contributed by atoms with Crippen LogP contribution < -0.4 is 10.2 Å². The lowest BCUT2D eigenvalue weighted by molar-refractivity contribution is -0.120. The van der Waals surface area contributed by atoms with Gasteiger partial charge < -0.3 is 4.74 Å². The quantitative estimate of drug-likeness (QED) is 0.508. The van der Waals surface area contributed by atoms with Crippen LogP contribution in [0.15, 0.2) is 84.0 Å². The lowest BCUT2D eigenvalue weighted by atomic mass is 10.1. The van der Waals surface area contributed by atoms with Crippen LogP contribution in [0.1, 0.15) is 16.7 Å². The summed E-state index contributed by atoms with van der Waals surface area (Å²) in [5, 5.41) is 3.94. The first-order valence-electron chi connectivity index (χ1n) is 8.52. The van der Waals surface area contributed by atoms with Crippen LogP contribution in [0.25, 0.3) is 0 Å². The average Bonchev–Trinajstić information content (AvgIpc) is 2.70. The van der Waals surface area contributed by atoms with Gasteiger partial charge in [-0.25, -0.2) is 9.82 Å². The standard InChI is InChI=1S/C22H19FN2O2/c23-20-10-6-17(7-11-20)14-22(26)25-24-15-18-8-12-21(13-9-18)27-16-19-4-2-1-3-5-19/h1-13,15H,14,16H2,(H,25,26)/b24-15+. The zero-order chi connectivity index (χ0) is 18.9. The Labute approximate surface area is 157 Å². The molecule has 0 radical (unpaired) electrons. The number of nitrogens with zero attached hydrogens (tertiary/aromatic N) is 1. The zero-order valence-corrected chi connectivity index (χ0v) is 14.6. The van der Waals surface area contributed by atoms with E-state index in [1.807, 2.05) is 54.6 Å². The molecule has 3 rings (SSSR count). The third kappa shape index (κ3) is 6.08. The van der Waals surface area contributed by atoms with E-state index in [9.17, 15) is 9.18 Å². The lowest BCUT2D eigenvalue weighted by Crippen LogP contribution is -2.19. The molecule has 0 saturated carbocycles.